The third kappa shape index (κ3) is 3.41. The Labute approximate surface area is 133 Å². The molecule has 1 aliphatic heterocycles. The lowest BCUT2D eigenvalue weighted by Gasteiger charge is -2.32. The van der Waals surface area contributed by atoms with E-state index >= 15 is 0 Å². The van der Waals surface area contributed by atoms with Crippen molar-refractivity contribution >= 4 is 28.2 Å². The Morgan fingerprint density at radius 3 is 3.09 bits per heavy atom. The summed E-state index contributed by atoms with van der Waals surface area (Å²) in [6.45, 7) is 5.39. The first-order valence-corrected chi connectivity index (χ1v) is 8.26. The first-order chi connectivity index (χ1) is 10.6. The van der Waals surface area contributed by atoms with Gasteiger partial charge in [-0.2, -0.15) is 0 Å². The molecule has 2 aromatic rings. The van der Waals surface area contributed by atoms with Crippen LogP contribution < -0.4 is 10.2 Å². The largest absolute Gasteiger partial charge is 0.356 e. The predicted octanol–water partition coefficient (Wildman–Crippen LogP) is 2.58. The summed E-state index contributed by atoms with van der Waals surface area (Å²) in [6, 6.07) is 2.02. The topological polar surface area (TPSA) is 71.0 Å². The number of thiazole rings is 1. The molecule has 0 spiro atoms. The zero-order chi connectivity index (χ0) is 15.5. The van der Waals surface area contributed by atoms with Crippen molar-refractivity contribution in [3.8, 4) is 0 Å². The summed E-state index contributed by atoms with van der Waals surface area (Å²) >= 11 is 1.48. The fourth-order valence-corrected chi connectivity index (χ4v) is 3.56. The first-order valence-electron chi connectivity index (χ1n) is 7.38. The van der Waals surface area contributed by atoms with E-state index in [1.54, 1.807) is 6.33 Å². The second kappa shape index (κ2) is 6.39. The van der Waals surface area contributed by atoms with E-state index in [1.807, 2.05) is 18.4 Å². The molecule has 0 radical (unpaired) electrons. The van der Waals surface area contributed by atoms with Crippen molar-refractivity contribution in [1.82, 2.24) is 15.0 Å². The Morgan fingerprint density at radius 2 is 2.32 bits per heavy atom. The minimum Gasteiger partial charge on any atom is -0.356 e. The molecule has 1 fully saturated rings. The van der Waals surface area contributed by atoms with Gasteiger partial charge < -0.3 is 10.2 Å². The van der Waals surface area contributed by atoms with Gasteiger partial charge in [0.15, 0.2) is 5.13 Å². The zero-order valence-electron chi connectivity index (χ0n) is 12.7. The third-order valence-corrected chi connectivity index (χ3v) is 4.53. The number of hydrogen-bond acceptors (Lipinski definition) is 6. The van der Waals surface area contributed by atoms with Crippen molar-refractivity contribution in [3.63, 3.8) is 0 Å². The quantitative estimate of drug-likeness (QED) is 0.942. The average molecular weight is 317 g/mol. The van der Waals surface area contributed by atoms with Crippen LogP contribution in [0.25, 0.3) is 0 Å². The molecule has 0 aromatic carbocycles. The lowest BCUT2D eigenvalue weighted by atomic mass is 9.95. The van der Waals surface area contributed by atoms with Gasteiger partial charge in [-0.3, -0.25) is 4.79 Å². The maximum atomic E-state index is 11.1. The summed E-state index contributed by atoms with van der Waals surface area (Å²) in [6.07, 6.45) is 3.84. The van der Waals surface area contributed by atoms with Crippen molar-refractivity contribution in [2.24, 2.45) is 0 Å². The molecule has 1 N–H and O–H groups in total. The van der Waals surface area contributed by atoms with Gasteiger partial charge in [0, 0.05) is 43.1 Å². The van der Waals surface area contributed by atoms with Crippen LogP contribution in [0.1, 0.15) is 37.1 Å². The molecule has 6 nitrogen and oxygen atoms in total. The van der Waals surface area contributed by atoms with Crippen molar-refractivity contribution < 1.29 is 4.79 Å². The molecule has 1 atom stereocenters. The van der Waals surface area contributed by atoms with Crippen molar-refractivity contribution in [1.29, 1.82) is 0 Å². The number of aryl methyl sites for hydroxylation is 1. The van der Waals surface area contributed by atoms with Crippen molar-refractivity contribution in [2.75, 3.05) is 23.3 Å². The number of piperidine rings is 1. The number of carbonyl (C=O) groups excluding carboxylic acids is 1. The Morgan fingerprint density at radius 1 is 1.45 bits per heavy atom. The van der Waals surface area contributed by atoms with Crippen molar-refractivity contribution in [3.05, 3.63) is 29.2 Å². The smallest absolute Gasteiger partial charge is 0.223 e. The van der Waals surface area contributed by atoms with Crippen LogP contribution in [-0.2, 0) is 4.79 Å². The summed E-state index contributed by atoms with van der Waals surface area (Å²) in [4.78, 5) is 26.5. The van der Waals surface area contributed by atoms with E-state index in [0.29, 0.717) is 11.0 Å². The molecule has 1 saturated heterocycles. The van der Waals surface area contributed by atoms with Crippen LogP contribution in [0.2, 0.25) is 0 Å². The van der Waals surface area contributed by atoms with Crippen LogP contribution in [0.15, 0.2) is 17.8 Å². The van der Waals surface area contributed by atoms with E-state index in [4.69, 9.17) is 0 Å². The maximum Gasteiger partial charge on any atom is 0.223 e. The first kappa shape index (κ1) is 14.9. The van der Waals surface area contributed by atoms with Crippen LogP contribution in [0, 0.1) is 6.92 Å². The molecule has 3 heterocycles. The molecule has 2 aromatic heterocycles. The van der Waals surface area contributed by atoms with Gasteiger partial charge >= 0.3 is 0 Å². The van der Waals surface area contributed by atoms with Crippen LogP contribution in [-0.4, -0.2) is 33.9 Å². The van der Waals surface area contributed by atoms with Crippen LogP contribution in [0.5, 0.6) is 0 Å². The third-order valence-electron chi connectivity index (χ3n) is 3.76. The molecule has 116 valence electrons. The molecule has 7 heteroatoms. The minimum atomic E-state index is -0.0809. The average Bonchev–Trinajstić information content (AvgIpc) is 2.95. The fourth-order valence-electron chi connectivity index (χ4n) is 2.72. The van der Waals surface area contributed by atoms with Gasteiger partial charge in [0.05, 0.1) is 5.69 Å². The van der Waals surface area contributed by atoms with Crippen LogP contribution in [0.4, 0.5) is 10.9 Å². The van der Waals surface area contributed by atoms with E-state index in [2.05, 4.69) is 25.2 Å². The second-order valence-corrected chi connectivity index (χ2v) is 6.42. The number of nitrogens with one attached hydrogen (secondary N) is 1. The van der Waals surface area contributed by atoms with Gasteiger partial charge in [-0.05, 0) is 19.8 Å². The summed E-state index contributed by atoms with van der Waals surface area (Å²) in [5.74, 6) is 1.28. The maximum absolute atomic E-state index is 11.1. The van der Waals surface area contributed by atoms with Crippen molar-refractivity contribution in [2.45, 2.75) is 32.6 Å². The number of hydrogen-bond donors (Lipinski definition) is 1. The normalized spacial score (nSPS) is 18.3. The van der Waals surface area contributed by atoms with Crippen LogP contribution >= 0.6 is 11.3 Å². The lowest BCUT2D eigenvalue weighted by molar-refractivity contribution is -0.114. The molecular formula is C15H19N5OS. The monoisotopic (exact) mass is 317 g/mol. The number of aromatic nitrogens is 3. The number of rotatable bonds is 3. The van der Waals surface area contributed by atoms with Gasteiger partial charge in [-0.15, -0.1) is 11.3 Å². The molecule has 1 amide bonds. The molecule has 1 unspecified atom stereocenters. The molecule has 3 rings (SSSR count). The summed E-state index contributed by atoms with van der Waals surface area (Å²) < 4.78 is 0. The Balaban J connectivity index is 1.72. The predicted molar refractivity (Wildman–Crippen MR) is 87.4 cm³/mol. The summed E-state index contributed by atoms with van der Waals surface area (Å²) in [5, 5.41) is 5.47. The summed E-state index contributed by atoms with van der Waals surface area (Å²) in [5.41, 5.74) is 2.04. The highest BCUT2D eigenvalue weighted by Crippen LogP contribution is 2.31. The van der Waals surface area contributed by atoms with Crippen LogP contribution in [0.3, 0.4) is 0 Å². The van der Waals surface area contributed by atoms with Gasteiger partial charge in [0.25, 0.3) is 0 Å². The number of nitrogens with zero attached hydrogens (tertiary/aromatic N) is 4. The SMILES string of the molecule is CC(=O)Nc1nc(C2CCCN(c3cc(C)ncn3)C2)cs1. The molecular weight excluding hydrogens is 298 g/mol. The lowest BCUT2D eigenvalue weighted by Crippen LogP contribution is -2.35. The standard InChI is InChI=1S/C15H19N5OS/c1-10-6-14(17-9-16-10)20-5-3-4-12(7-20)13-8-22-15(19-13)18-11(2)21/h6,8-9,12H,3-5,7H2,1-2H3,(H,18,19,21). The Kier molecular flexibility index (Phi) is 4.33. The molecule has 1 aliphatic rings. The molecule has 22 heavy (non-hydrogen) atoms. The van der Waals surface area contributed by atoms with E-state index in [0.717, 1.165) is 43.1 Å². The van der Waals surface area contributed by atoms with Gasteiger partial charge in [0.2, 0.25) is 5.91 Å². The van der Waals surface area contributed by atoms with E-state index in [9.17, 15) is 4.79 Å². The fraction of sp³-hybridized carbons (Fsp3) is 0.467. The molecule has 0 bridgehead atoms. The number of carbonyl (C=O) groups is 1. The van der Waals surface area contributed by atoms with E-state index < -0.39 is 0 Å². The van der Waals surface area contributed by atoms with Gasteiger partial charge in [0.1, 0.15) is 12.1 Å². The Bertz CT molecular complexity index is 671. The minimum absolute atomic E-state index is 0.0809. The Hall–Kier alpha value is -2.02. The second-order valence-electron chi connectivity index (χ2n) is 5.56. The molecule has 0 saturated carbocycles. The highest BCUT2D eigenvalue weighted by atomic mass is 32.1. The number of amides is 1. The van der Waals surface area contributed by atoms with Gasteiger partial charge in [-0.1, -0.05) is 0 Å². The number of anilines is 2. The van der Waals surface area contributed by atoms with Gasteiger partial charge in [-0.25, -0.2) is 15.0 Å². The highest BCUT2D eigenvalue weighted by molar-refractivity contribution is 7.13. The van der Waals surface area contributed by atoms with E-state index in [1.165, 1.54) is 18.3 Å². The molecule has 0 aliphatic carbocycles. The van der Waals surface area contributed by atoms with E-state index in [-0.39, 0.29) is 5.91 Å². The zero-order valence-corrected chi connectivity index (χ0v) is 13.6. The highest BCUT2D eigenvalue weighted by Gasteiger charge is 2.24. The summed E-state index contributed by atoms with van der Waals surface area (Å²) in [7, 11) is 0.